The molecular weight excluding hydrogens is 438 g/mol. The molecule has 2 aromatic carbocycles. The summed E-state index contributed by atoms with van der Waals surface area (Å²) in [6, 6.07) is 13.2. The second-order valence-corrected chi connectivity index (χ2v) is 7.21. The van der Waals surface area contributed by atoms with E-state index < -0.39 is 5.91 Å². The molecule has 4 aromatic rings. The van der Waals surface area contributed by atoms with Crippen LogP contribution in [0.4, 0.5) is 5.69 Å². The van der Waals surface area contributed by atoms with Gasteiger partial charge in [-0.25, -0.2) is 4.98 Å². The summed E-state index contributed by atoms with van der Waals surface area (Å²) in [6.07, 6.45) is 1.61. The van der Waals surface area contributed by atoms with Gasteiger partial charge in [-0.2, -0.15) is 4.98 Å². The summed E-state index contributed by atoms with van der Waals surface area (Å²) in [7, 11) is 2.99. The number of methoxy groups -OCH3 is 2. The van der Waals surface area contributed by atoms with Crippen LogP contribution < -0.4 is 25.8 Å². The van der Waals surface area contributed by atoms with Crippen molar-refractivity contribution in [3.05, 3.63) is 65.9 Å². The Morgan fingerprint density at radius 3 is 2.65 bits per heavy atom. The third-order valence-electron chi connectivity index (χ3n) is 4.95. The minimum absolute atomic E-state index is 0.264. The highest BCUT2D eigenvalue weighted by Gasteiger charge is 2.18. The van der Waals surface area contributed by atoms with Gasteiger partial charge in [0.2, 0.25) is 5.89 Å². The number of hydrogen-bond donors (Lipinski definition) is 3. The molecule has 2 aromatic heterocycles. The lowest BCUT2D eigenvalue weighted by Crippen LogP contribution is -2.29. The van der Waals surface area contributed by atoms with Crippen molar-refractivity contribution < 1.29 is 23.5 Å². The summed E-state index contributed by atoms with van der Waals surface area (Å²) in [5.41, 5.74) is 7.91. The van der Waals surface area contributed by atoms with Gasteiger partial charge in [0.05, 0.1) is 19.8 Å². The number of nitrogens with one attached hydrogen (secondary N) is 2. The Labute approximate surface area is 195 Å². The van der Waals surface area contributed by atoms with Gasteiger partial charge >= 0.3 is 0 Å². The van der Waals surface area contributed by atoms with Crippen molar-refractivity contribution in [1.82, 2.24) is 15.3 Å². The number of nitrogens with two attached hydrogens (primary N) is 1. The van der Waals surface area contributed by atoms with E-state index in [0.717, 1.165) is 0 Å². The second kappa shape index (κ2) is 10.0. The number of hydrogen-bond acceptors (Lipinski definition) is 8. The molecule has 10 nitrogen and oxygen atoms in total. The van der Waals surface area contributed by atoms with E-state index >= 15 is 0 Å². The van der Waals surface area contributed by atoms with E-state index in [4.69, 9.17) is 19.6 Å². The summed E-state index contributed by atoms with van der Waals surface area (Å²) >= 11 is 0. The first-order chi connectivity index (χ1) is 16.5. The number of carbonyl (C=O) groups is 2. The summed E-state index contributed by atoms with van der Waals surface area (Å²) in [5.74, 6) is 0.390. The number of aromatic nitrogens is 2. The smallest absolute Gasteiger partial charge is 0.259 e. The van der Waals surface area contributed by atoms with Gasteiger partial charge in [0.1, 0.15) is 11.5 Å². The molecule has 0 spiro atoms. The van der Waals surface area contributed by atoms with Crippen molar-refractivity contribution in [2.75, 3.05) is 32.6 Å². The van der Waals surface area contributed by atoms with Gasteiger partial charge in [0.25, 0.3) is 11.8 Å². The number of anilines is 1. The van der Waals surface area contributed by atoms with Crippen LogP contribution in [0.1, 0.15) is 20.7 Å². The van der Waals surface area contributed by atoms with Crippen LogP contribution in [0, 0.1) is 0 Å². The Kier molecular flexibility index (Phi) is 6.69. The molecular formula is C24H23N5O5. The number of pyridine rings is 1. The summed E-state index contributed by atoms with van der Waals surface area (Å²) in [6.45, 7) is 0.601. The van der Waals surface area contributed by atoms with Gasteiger partial charge < -0.3 is 30.3 Å². The molecule has 0 fully saturated rings. The predicted molar refractivity (Wildman–Crippen MR) is 126 cm³/mol. The molecule has 0 atom stereocenters. The number of amides is 2. The predicted octanol–water partition coefficient (Wildman–Crippen LogP) is 2.85. The number of carbonyl (C=O) groups excluding carboxylic acids is 2. The third kappa shape index (κ3) is 4.81. The van der Waals surface area contributed by atoms with Gasteiger partial charge in [-0.15, -0.1) is 0 Å². The molecule has 10 heteroatoms. The van der Waals surface area contributed by atoms with Gasteiger partial charge in [0.15, 0.2) is 11.2 Å². The molecule has 0 aliphatic carbocycles. The van der Waals surface area contributed by atoms with Gasteiger partial charge in [-0.3, -0.25) is 9.59 Å². The molecule has 174 valence electrons. The van der Waals surface area contributed by atoms with Crippen molar-refractivity contribution >= 4 is 28.7 Å². The average molecular weight is 461 g/mol. The van der Waals surface area contributed by atoms with Crippen molar-refractivity contribution in [2.24, 2.45) is 5.73 Å². The maximum Gasteiger partial charge on any atom is 0.259 e. The quantitative estimate of drug-likeness (QED) is 0.364. The fourth-order valence-corrected chi connectivity index (χ4v) is 3.32. The number of benzene rings is 2. The van der Waals surface area contributed by atoms with Crippen LogP contribution in [0.25, 0.3) is 22.7 Å². The molecule has 2 heterocycles. The maximum absolute atomic E-state index is 13.0. The van der Waals surface area contributed by atoms with Crippen LogP contribution in [0.2, 0.25) is 0 Å². The number of nitrogens with zero attached hydrogens (tertiary/aromatic N) is 2. The molecule has 4 N–H and O–H groups in total. The summed E-state index contributed by atoms with van der Waals surface area (Å²) in [5, 5.41) is 5.54. The van der Waals surface area contributed by atoms with E-state index in [-0.39, 0.29) is 11.8 Å². The number of ether oxygens (including phenoxy) is 2. The van der Waals surface area contributed by atoms with E-state index in [2.05, 4.69) is 20.6 Å². The SMILES string of the molecule is COc1ccc(C(=O)Nc2cc(C(=O)NCCN)cc(-c3nc4ncccc4o3)c2)c(OC)c1. The summed E-state index contributed by atoms with van der Waals surface area (Å²) in [4.78, 5) is 34.3. The van der Waals surface area contributed by atoms with E-state index in [1.54, 1.807) is 54.7 Å². The first-order valence-electron chi connectivity index (χ1n) is 10.4. The van der Waals surface area contributed by atoms with Crippen LogP contribution in [-0.4, -0.2) is 49.1 Å². The first kappa shape index (κ1) is 22.7. The molecule has 0 saturated heterocycles. The Morgan fingerprint density at radius 2 is 1.91 bits per heavy atom. The van der Waals surface area contributed by atoms with E-state index in [9.17, 15) is 9.59 Å². The highest BCUT2D eigenvalue weighted by Crippen LogP contribution is 2.29. The first-order valence-corrected chi connectivity index (χ1v) is 10.4. The van der Waals surface area contributed by atoms with Crippen LogP contribution >= 0.6 is 0 Å². The van der Waals surface area contributed by atoms with Crippen LogP contribution in [0.3, 0.4) is 0 Å². The molecule has 0 bridgehead atoms. The zero-order chi connectivity index (χ0) is 24.1. The maximum atomic E-state index is 13.0. The van der Waals surface area contributed by atoms with Crippen LogP contribution in [0.15, 0.2) is 59.1 Å². The fourth-order valence-electron chi connectivity index (χ4n) is 3.32. The summed E-state index contributed by atoms with van der Waals surface area (Å²) < 4.78 is 16.3. The molecule has 0 unspecified atom stereocenters. The van der Waals surface area contributed by atoms with Crippen molar-refractivity contribution in [2.45, 2.75) is 0 Å². The largest absolute Gasteiger partial charge is 0.497 e. The van der Waals surface area contributed by atoms with Gasteiger partial charge in [0, 0.05) is 42.2 Å². The minimum atomic E-state index is -0.427. The van der Waals surface area contributed by atoms with Crippen molar-refractivity contribution in [3.8, 4) is 23.0 Å². The lowest BCUT2D eigenvalue weighted by Gasteiger charge is -2.13. The average Bonchev–Trinajstić information content (AvgIpc) is 3.31. The van der Waals surface area contributed by atoms with E-state index in [0.29, 0.717) is 58.2 Å². The molecule has 2 amide bonds. The van der Waals surface area contributed by atoms with Gasteiger partial charge in [-0.1, -0.05) is 0 Å². The Bertz CT molecular complexity index is 1320. The van der Waals surface area contributed by atoms with Crippen LogP contribution in [-0.2, 0) is 0 Å². The molecule has 0 radical (unpaired) electrons. The molecule has 34 heavy (non-hydrogen) atoms. The van der Waals surface area contributed by atoms with E-state index in [1.807, 2.05) is 0 Å². The van der Waals surface area contributed by atoms with Crippen LogP contribution in [0.5, 0.6) is 11.5 Å². The zero-order valence-corrected chi connectivity index (χ0v) is 18.6. The number of oxazole rings is 1. The topological polar surface area (TPSA) is 142 Å². The lowest BCUT2D eigenvalue weighted by molar-refractivity contribution is 0.0953. The highest BCUT2D eigenvalue weighted by atomic mass is 16.5. The molecule has 0 aliphatic rings. The molecule has 0 aliphatic heterocycles. The second-order valence-electron chi connectivity index (χ2n) is 7.21. The fraction of sp³-hybridized carbons (Fsp3) is 0.167. The van der Waals surface area contributed by atoms with Crippen molar-refractivity contribution in [1.29, 1.82) is 0 Å². The molecule has 0 saturated carbocycles. The highest BCUT2D eigenvalue weighted by molar-refractivity contribution is 6.07. The standard InChI is InChI=1S/C24H23N5O5/c1-32-17-5-6-18(20(13-17)33-2)23(31)28-16-11-14(22(30)27-9-7-25)10-15(12-16)24-29-21-19(34-24)4-3-8-26-21/h3-6,8,10-13H,7,9,25H2,1-2H3,(H,27,30)(H,28,31). The number of rotatable bonds is 8. The van der Waals surface area contributed by atoms with Crippen molar-refractivity contribution in [3.63, 3.8) is 0 Å². The van der Waals surface area contributed by atoms with Gasteiger partial charge in [-0.05, 0) is 42.5 Å². The molecule has 4 rings (SSSR count). The van der Waals surface area contributed by atoms with E-state index in [1.165, 1.54) is 14.2 Å². The minimum Gasteiger partial charge on any atom is -0.497 e. The zero-order valence-electron chi connectivity index (χ0n) is 18.6. The Morgan fingerprint density at radius 1 is 1.06 bits per heavy atom. The Hall–Kier alpha value is -4.44. The number of fused-ring (bicyclic) bond motifs is 1. The lowest BCUT2D eigenvalue weighted by atomic mass is 10.1. The normalized spacial score (nSPS) is 10.7. The Balaban J connectivity index is 1.72. The third-order valence-corrected chi connectivity index (χ3v) is 4.95. The monoisotopic (exact) mass is 461 g/mol.